The SMILES string of the molecule is CCN(CC)C(=O)c1ccc(CNC(=O)CCCc2nc(C)no2)cc1. The van der Waals surface area contributed by atoms with Crippen molar-refractivity contribution in [3.63, 3.8) is 0 Å². The lowest BCUT2D eigenvalue weighted by atomic mass is 10.1. The number of hydrogen-bond donors (Lipinski definition) is 1. The summed E-state index contributed by atoms with van der Waals surface area (Å²) < 4.78 is 5.02. The van der Waals surface area contributed by atoms with E-state index in [0.717, 1.165) is 5.56 Å². The van der Waals surface area contributed by atoms with Crippen molar-refractivity contribution >= 4 is 11.8 Å². The summed E-state index contributed by atoms with van der Waals surface area (Å²) in [6.07, 6.45) is 1.65. The lowest BCUT2D eigenvalue weighted by Crippen LogP contribution is -2.30. The first kappa shape index (κ1) is 19.6. The standard InChI is InChI=1S/C19H26N4O3/c1-4-23(5-2)19(25)16-11-9-15(10-12-16)13-20-17(24)7-6-8-18-21-14(3)22-26-18/h9-12H,4-8,13H2,1-3H3,(H,20,24). The van der Waals surface area contributed by atoms with Crippen LogP contribution in [0.4, 0.5) is 0 Å². The Hall–Kier alpha value is -2.70. The van der Waals surface area contributed by atoms with E-state index in [0.29, 0.717) is 56.2 Å². The molecule has 0 fully saturated rings. The van der Waals surface area contributed by atoms with Crippen LogP contribution in [0.15, 0.2) is 28.8 Å². The summed E-state index contributed by atoms with van der Waals surface area (Å²) in [5.74, 6) is 1.17. The molecular formula is C19H26N4O3. The molecule has 0 bridgehead atoms. The van der Waals surface area contributed by atoms with Gasteiger partial charge in [0.1, 0.15) is 0 Å². The van der Waals surface area contributed by atoms with Crippen LogP contribution < -0.4 is 5.32 Å². The molecule has 7 heteroatoms. The summed E-state index contributed by atoms with van der Waals surface area (Å²) in [4.78, 5) is 30.1. The number of carbonyl (C=O) groups is 2. The highest BCUT2D eigenvalue weighted by Gasteiger charge is 2.12. The van der Waals surface area contributed by atoms with Crippen LogP contribution in [0.5, 0.6) is 0 Å². The van der Waals surface area contributed by atoms with Gasteiger partial charge >= 0.3 is 0 Å². The first-order valence-electron chi connectivity index (χ1n) is 8.97. The van der Waals surface area contributed by atoms with Gasteiger partial charge in [-0.2, -0.15) is 4.98 Å². The number of nitrogens with one attached hydrogen (secondary N) is 1. The minimum absolute atomic E-state index is 0.0236. The van der Waals surface area contributed by atoms with Crippen molar-refractivity contribution in [3.05, 3.63) is 47.1 Å². The van der Waals surface area contributed by atoms with E-state index >= 15 is 0 Å². The molecule has 0 saturated carbocycles. The second-order valence-corrected chi connectivity index (χ2v) is 6.04. The molecule has 0 aliphatic heterocycles. The quantitative estimate of drug-likeness (QED) is 0.744. The van der Waals surface area contributed by atoms with E-state index in [4.69, 9.17) is 4.52 Å². The molecule has 0 spiro atoms. The van der Waals surface area contributed by atoms with Crippen LogP contribution in [0.25, 0.3) is 0 Å². The van der Waals surface area contributed by atoms with E-state index in [1.54, 1.807) is 24.0 Å². The summed E-state index contributed by atoms with van der Waals surface area (Å²) >= 11 is 0. The van der Waals surface area contributed by atoms with Gasteiger partial charge in [-0.1, -0.05) is 17.3 Å². The highest BCUT2D eigenvalue weighted by molar-refractivity contribution is 5.94. The molecule has 0 saturated heterocycles. The molecule has 1 heterocycles. The lowest BCUT2D eigenvalue weighted by molar-refractivity contribution is -0.121. The summed E-state index contributed by atoms with van der Waals surface area (Å²) in [6.45, 7) is 7.52. The van der Waals surface area contributed by atoms with Crippen molar-refractivity contribution in [1.82, 2.24) is 20.4 Å². The zero-order valence-corrected chi connectivity index (χ0v) is 15.6. The smallest absolute Gasteiger partial charge is 0.253 e. The number of carbonyl (C=O) groups excluding carboxylic acids is 2. The molecule has 7 nitrogen and oxygen atoms in total. The van der Waals surface area contributed by atoms with Crippen molar-refractivity contribution in [1.29, 1.82) is 0 Å². The molecule has 0 aliphatic rings. The van der Waals surface area contributed by atoms with E-state index in [9.17, 15) is 9.59 Å². The zero-order chi connectivity index (χ0) is 18.9. The summed E-state index contributed by atoms with van der Waals surface area (Å²) in [5.41, 5.74) is 1.63. The van der Waals surface area contributed by atoms with E-state index in [2.05, 4.69) is 15.5 Å². The van der Waals surface area contributed by atoms with Gasteiger partial charge in [0.05, 0.1) is 0 Å². The van der Waals surface area contributed by atoms with Gasteiger partial charge in [0.2, 0.25) is 11.8 Å². The number of benzene rings is 1. The molecule has 26 heavy (non-hydrogen) atoms. The fourth-order valence-electron chi connectivity index (χ4n) is 2.59. The fourth-order valence-corrected chi connectivity index (χ4v) is 2.59. The average Bonchev–Trinajstić information content (AvgIpc) is 3.06. The minimum atomic E-state index is -0.0236. The number of aryl methyl sites for hydroxylation is 2. The van der Waals surface area contributed by atoms with Crippen molar-refractivity contribution in [3.8, 4) is 0 Å². The Morgan fingerprint density at radius 3 is 2.42 bits per heavy atom. The highest BCUT2D eigenvalue weighted by atomic mass is 16.5. The number of nitrogens with zero attached hydrogens (tertiary/aromatic N) is 3. The van der Waals surface area contributed by atoms with Crippen LogP contribution in [-0.2, 0) is 17.8 Å². The van der Waals surface area contributed by atoms with Crippen LogP contribution in [0.3, 0.4) is 0 Å². The molecular weight excluding hydrogens is 332 g/mol. The average molecular weight is 358 g/mol. The second-order valence-electron chi connectivity index (χ2n) is 6.04. The first-order chi connectivity index (χ1) is 12.5. The molecule has 1 N–H and O–H groups in total. The molecule has 140 valence electrons. The highest BCUT2D eigenvalue weighted by Crippen LogP contribution is 2.08. The van der Waals surface area contributed by atoms with Gasteiger partial charge in [-0.05, 0) is 44.9 Å². The molecule has 2 aromatic rings. The van der Waals surface area contributed by atoms with Crippen LogP contribution >= 0.6 is 0 Å². The molecule has 0 radical (unpaired) electrons. The van der Waals surface area contributed by atoms with Crippen molar-refractivity contribution < 1.29 is 14.1 Å². The Morgan fingerprint density at radius 2 is 1.85 bits per heavy atom. The predicted octanol–water partition coefficient (Wildman–Crippen LogP) is 2.50. The van der Waals surface area contributed by atoms with Gasteiger partial charge < -0.3 is 14.7 Å². The van der Waals surface area contributed by atoms with Crippen LogP contribution in [0, 0.1) is 6.92 Å². The van der Waals surface area contributed by atoms with Gasteiger partial charge in [0.15, 0.2) is 5.82 Å². The first-order valence-corrected chi connectivity index (χ1v) is 8.97. The number of hydrogen-bond acceptors (Lipinski definition) is 5. The van der Waals surface area contributed by atoms with Gasteiger partial charge in [0, 0.05) is 38.0 Å². The molecule has 1 aromatic carbocycles. The minimum Gasteiger partial charge on any atom is -0.352 e. The third kappa shape index (κ3) is 5.68. The zero-order valence-electron chi connectivity index (χ0n) is 15.6. The van der Waals surface area contributed by atoms with Crippen LogP contribution in [0.2, 0.25) is 0 Å². The van der Waals surface area contributed by atoms with Crippen LogP contribution in [0.1, 0.15) is 54.3 Å². The number of rotatable bonds is 9. The van der Waals surface area contributed by atoms with Crippen molar-refractivity contribution in [2.75, 3.05) is 13.1 Å². The number of amides is 2. The third-order valence-electron chi connectivity index (χ3n) is 4.11. The van der Waals surface area contributed by atoms with Gasteiger partial charge in [0.25, 0.3) is 5.91 Å². The summed E-state index contributed by atoms with van der Waals surface area (Å²) in [6, 6.07) is 7.36. The Bertz CT molecular complexity index is 721. The predicted molar refractivity (Wildman–Crippen MR) is 97.5 cm³/mol. The topological polar surface area (TPSA) is 88.3 Å². The molecule has 2 amide bonds. The van der Waals surface area contributed by atoms with E-state index in [1.165, 1.54) is 0 Å². The van der Waals surface area contributed by atoms with E-state index < -0.39 is 0 Å². The summed E-state index contributed by atoms with van der Waals surface area (Å²) in [7, 11) is 0. The monoisotopic (exact) mass is 358 g/mol. The maximum atomic E-state index is 12.3. The van der Waals surface area contributed by atoms with Crippen LogP contribution in [-0.4, -0.2) is 39.9 Å². The summed E-state index contributed by atoms with van der Waals surface area (Å²) in [5, 5.41) is 6.60. The Balaban J connectivity index is 1.74. The largest absolute Gasteiger partial charge is 0.352 e. The Labute approximate surface area is 153 Å². The van der Waals surface area contributed by atoms with Gasteiger partial charge in [-0.15, -0.1) is 0 Å². The maximum absolute atomic E-state index is 12.3. The maximum Gasteiger partial charge on any atom is 0.253 e. The lowest BCUT2D eigenvalue weighted by Gasteiger charge is -2.18. The van der Waals surface area contributed by atoms with Gasteiger partial charge in [-0.3, -0.25) is 9.59 Å². The van der Waals surface area contributed by atoms with E-state index in [-0.39, 0.29) is 11.8 Å². The normalized spacial score (nSPS) is 10.6. The molecule has 0 unspecified atom stereocenters. The molecule has 2 rings (SSSR count). The second kappa shape index (κ2) is 9.70. The Morgan fingerprint density at radius 1 is 1.15 bits per heavy atom. The molecule has 1 aromatic heterocycles. The third-order valence-corrected chi connectivity index (χ3v) is 4.11. The van der Waals surface area contributed by atoms with E-state index in [1.807, 2.05) is 26.0 Å². The van der Waals surface area contributed by atoms with Gasteiger partial charge in [-0.25, -0.2) is 0 Å². The van der Waals surface area contributed by atoms with Crippen molar-refractivity contribution in [2.45, 2.75) is 46.6 Å². The molecule has 0 atom stereocenters. The molecule has 0 aliphatic carbocycles. The van der Waals surface area contributed by atoms with Crippen molar-refractivity contribution in [2.24, 2.45) is 0 Å². The number of aromatic nitrogens is 2. The fraction of sp³-hybridized carbons (Fsp3) is 0.474. The Kier molecular flexibility index (Phi) is 7.32.